The van der Waals surface area contributed by atoms with Crippen LogP contribution in [0, 0.1) is 10.1 Å². The lowest BCUT2D eigenvalue weighted by Gasteiger charge is -2.28. The van der Waals surface area contributed by atoms with Gasteiger partial charge in [0.2, 0.25) is 0 Å². The summed E-state index contributed by atoms with van der Waals surface area (Å²) in [5.74, 6) is -1.81. The van der Waals surface area contributed by atoms with E-state index in [-0.39, 0.29) is 66.8 Å². The number of benzene rings is 3. The predicted octanol–water partition coefficient (Wildman–Crippen LogP) is 6.10. The first kappa shape index (κ1) is 40.8. The lowest BCUT2D eigenvalue weighted by atomic mass is 10.0. The van der Waals surface area contributed by atoms with Gasteiger partial charge in [0.25, 0.3) is 11.6 Å². The van der Waals surface area contributed by atoms with E-state index in [1.54, 1.807) is 19.9 Å². The van der Waals surface area contributed by atoms with Crippen molar-refractivity contribution in [2.75, 3.05) is 27.4 Å². The molecule has 52 heavy (non-hydrogen) atoms. The Morgan fingerprint density at radius 3 is 1.85 bits per heavy atom. The average Bonchev–Trinajstić information content (AvgIpc) is 3.44. The number of rotatable bonds is 16. The van der Waals surface area contributed by atoms with Gasteiger partial charge >= 0.3 is 25.2 Å². The quantitative estimate of drug-likeness (QED) is 0.0773. The lowest BCUT2D eigenvalue weighted by molar-refractivity contribution is -0.385. The third kappa shape index (κ3) is 10.7. The molecular weight excluding hydrogens is 702 g/mol. The van der Waals surface area contributed by atoms with Gasteiger partial charge in [-0.05, 0) is 54.8 Å². The zero-order valence-corrected chi connectivity index (χ0v) is 28.5. The Hall–Kier alpha value is -5.65. The molecule has 1 heterocycles. The second-order valence-corrected chi connectivity index (χ2v) is 10.7. The number of esters is 2. The molecule has 282 valence electrons. The van der Waals surface area contributed by atoms with E-state index in [1.165, 1.54) is 67.7 Å². The summed E-state index contributed by atoms with van der Waals surface area (Å²) in [7, 11) is 2.45. The topological polar surface area (TPSA) is 179 Å². The van der Waals surface area contributed by atoms with Crippen molar-refractivity contribution in [2.24, 2.45) is 5.73 Å². The standard InChI is InChI=1S/C21H20F2N2O7.C13H17F2NO4/c1-3-31-17-9-12(7-8-16(17)32-21(22)23)15(10-18(26)30-2)24-11-13-5-4-6-14(25(28)29)19(13)20(24)27;1-3-19-11-6-8(9(16)7-12(17)18-2)4-5-10(11)20-13(14)15/h4-9,15,21H,3,10-11H2,1-2H3;4-6,9,13H,3,7,16H2,1-2H3. The van der Waals surface area contributed by atoms with E-state index in [1.807, 2.05) is 0 Å². The van der Waals surface area contributed by atoms with Crippen molar-refractivity contribution in [3.8, 4) is 23.0 Å². The Balaban J connectivity index is 0.000000314. The van der Waals surface area contributed by atoms with Crippen LogP contribution in [0.1, 0.15) is 65.8 Å². The molecule has 4 rings (SSSR count). The molecule has 0 bridgehead atoms. The van der Waals surface area contributed by atoms with Crippen LogP contribution in [0.25, 0.3) is 0 Å². The number of nitro benzene ring substituents is 1. The number of alkyl halides is 4. The third-order valence-corrected chi connectivity index (χ3v) is 7.50. The van der Waals surface area contributed by atoms with E-state index in [4.69, 9.17) is 19.9 Å². The fourth-order valence-corrected chi connectivity index (χ4v) is 5.21. The van der Waals surface area contributed by atoms with Gasteiger partial charge in [-0.25, -0.2) is 0 Å². The molecule has 14 nitrogen and oxygen atoms in total. The first-order chi connectivity index (χ1) is 24.7. The van der Waals surface area contributed by atoms with E-state index >= 15 is 0 Å². The van der Waals surface area contributed by atoms with Gasteiger partial charge in [0, 0.05) is 18.7 Å². The lowest BCUT2D eigenvalue weighted by Crippen LogP contribution is -2.31. The van der Waals surface area contributed by atoms with Crippen LogP contribution in [0.15, 0.2) is 54.6 Å². The maximum absolute atomic E-state index is 13.1. The maximum Gasteiger partial charge on any atom is 0.387 e. The third-order valence-electron chi connectivity index (χ3n) is 7.50. The molecule has 2 atom stereocenters. The Morgan fingerprint density at radius 2 is 1.35 bits per heavy atom. The summed E-state index contributed by atoms with van der Waals surface area (Å²) in [6.07, 6.45) is -0.276. The molecule has 3 aromatic rings. The van der Waals surface area contributed by atoms with E-state index in [2.05, 4.69) is 14.2 Å². The summed E-state index contributed by atoms with van der Waals surface area (Å²) in [5, 5.41) is 11.4. The minimum absolute atomic E-state index is 0.00954. The normalized spacial score (nSPS) is 13.1. The van der Waals surface area contributed by atoms with Gasteiger partial charge in [-0.15, -0.1) is 0 Å². The highest BCUT2D eigenvalue weighted by atomic mass is 19.3. The fraction of sp³-hybridized carbons (Fsp3) is 0.382. The average molecular weight is 740 g/mol. The molecule has 1 aliphatic rings. The molecule has 0 radical (unpaired) electrons. The highest BCUT2D eigenvalue weighted by molar-refractivity contribution is 6.02. The van der Waals surface area contributed by atoms with Crippen molar-refractivity contribution in [3.05, 3.63) is 87.0 Å². The number of fused-ring (bicyclic) bond motifs is 1. The monoisotopic (exact) mass is 739 g/mol. The summed E-state index contributed by atoms with van der Waals surface area (Å²) >= 11 is 0. The van der Waals surface area contributed by atoms with Crippen LogP contribution < -0.4 is 24.7 Å². The first-order valence-corrected chi connectivity index (χ1v) is 15.6. The van der Waals surface area contributed by atoms with E-state index in [0.717, 1.165) is 0 Å². The molecule has 1 amide bonds. The molecule has 2 unspecified atom stereocenters. The van der Waals surface area contributed by atoms with Crippen LogP contribution in [-0.4, -0.2) is 68.3 Å². The molecule has 18 heteroatoms. The minimum Gasteiger partial charge on any atom is -0.490 e. The maximum atomic E-state index is 13.1. The van der Waals surface area contributed by atoms with E-state index in [0.29, 0.717) is 16.7 Å². The molecule has 0 aromatic heterocycles. The summed E-state index contributed by atoms with van der Waals surface area (Å²) in [5.41, 5.74) is 6.87. The molecule has 0 saturated heterocycles. The largest absolute Gasteiger partial charge is 0.490 e. The molecule has 0 spiro atoms. The van der Waals surface area contributed by atoms with Crippen molar-refractivity contribution < 1.29 is 65.3 Å². The Kier molecular flexibility index (Phi) is 15.0. The molecule has 0 fully saturated rings. The minimum atomic E-state index is -3.07. The van der Waals surface area contributed by atoms with Gasteiger partial charge < -0.3 is 39.1 Å². The second-order valence-electron chi connectivity index (χ2n) is 10.7. The van der Waals surface area contributed by atoms with Gasteiger partial charge in [0.05, 0.1) is 51.2 Å². The summed E-state index contributed by atoms with van der Waals surface area (Å²) < 4.78 is 78.7. The van der Waals surface area contributed by atoms with Gasteiger partial charge in [0.15, 0.2) is 23.0 Å². The Morgan fingerprint density at radius 1 is 0.827 bits per heavy atom. The van der Waals surface area contributed by atoms with Crippen LogP contribution in [0.5, 0.6) is 23.0 Å². The highest BCUT2D eigenvalue weighted by Gasteiger charge is 2.39. The second kappa shape index (κ2) is 19.1. The van der Waals surface area contributed by atoms with Crippen LogP contribution in [-0.2, 0) is 25.6 Å². The summed E-state index contributed by atoms with van der Waals surface area (Å²) in [6.45, 7) is -2.17. The number of nitrogens with two attached hydrogens (primary N) is 1. The van der Waals surface area contributed by atoms with Gasteiger partial charge in [-0.2, -0.15) is 17.6 Å². The molecule has 3 aromatic carbocycles. The van der Waals surface area contributed by atoms with Crippen molar-refractivity contribution >= 4 is 23.5 Å². The SMILES string of the molecule is CCOc1cc(C(CC(=O)OC)N2Cc3cccc([N+](=O)[O-])c3C2=O)ccc1OC(F)F.CCOc1cc(C(N)CC(=O)OC)ccc1OC(F)F. The molecule has 0 aliphatic carbocycles. The fourth-order valence-electron chi connectivity index (χ4n) is 5.21. The first-order valence-electron chi connectivity index (χ1n) is 15.6. The summed E-state index contributed by atoms with van der Waals surface area (Å²) in [6, 6.07) is 11.2. The number of hydrogen-bond donors (Lipinski definition) is 1. The number of nitrogens with zero attached hydrogens (tertiary/aromatic N) is 2. The number of carbonyl (C=O) groups is 3. The van der Waals surface area contributed by atoms with Crippen molar-refractivity contribution in [1.82, 2.24) is 4.90 Å². The summed E-state index contributed by atoms with van der Waals surface area (Å²) in [4.78, 5) is 48.5. The van der Waals surface area contributed by atoms with Crippen molar-refractivity contribution in [2.45, 2.75) is 58.5 Å². The highest BCUT2D eigenvalue weighted by Crippen LogP contribution is 2.40. The van der Waals surface area contributed by atoms with Gasteiger partial charge in [-0.3, -0.25) is 24.5 Å². The number of methoxy groups -OCH3 is 2. The molecule has 0 saturated carbocycles. The number of halogens is 4. The smallest absolute Gasteiger partial charge is 0.387 e. The van der Waals surface area contributed by atoms with Crippen LogP contribution in [0.4, 0.5) is 23.2 Å². The van der Waals surface area contributed by atoms with Gasteiger partial charge in [0.1, 0.15) is 5.56 Å². The molecule has 2 N–H and O–H groups in total. The number of amides is 1. The number of ether oxygens (including phenoxy) is 6. The zero-order valence-electron chi connectivity index (χ0n) is 28.5. The van der Waals surface area contributed by atoms with Gasteiger partial charge in [-0.1, -0.05) is 24.3 Å². The zero-order chi connectivity index (χ0) is 38.5. The van der Waals surface area contributed by atoms with E-state index in [9.17, 15) is 42.1 Å². The van der Waals surface area contributed by atoms with E-state index < -0.39 is 48.1 Å². The van der Waals surface area contributed by atoms with Crippen LogP contribution >= 0.6 is 0 Å². The Bertz CT molecular complexity index is 1730. The predicted molar refractivity (Wildman–Crippen MR) is 174 cm³/mol. The van der Waals surface area contributed by atoms with Crippen LogP contribution in [0.2, 0.25) is 0 Å². The number of nitro groups is 1. The molecule has 1 aliphatic heterocycles. The van der Waals surface area contributed by atoms with Crippen LogP contribution in [0.3, 0.4) is 0 Å². The van der Waals surface area contributed by atoms with Crippen molar-refractivity contribution in [1.29, 1.82) is 0 Å². The Labute approximate surface area is 295 Å². The number of hydrogen-bond acceptors (Lipinski definition) is 12. The molecular formula is C34H37F4N3O11. The van der Waals surface area contributed by atoms with Crippen molar-refractivity contribution in [3.63, 3.8) is 0 Å². The number of carbonyl (C=O) groups excluding carboxylic acids is 3.